The zero-order chi connectivity index (χ0) is 29.8. The van der Waals surface area contributed by atoms with Crippen LogP contribution in [0.1, 0.15) is 23.1 Å². The molecule has 2 aromatic heterocycles. The number of rotatable bonds is 8. The largest absolute Gasteiger partial charge is 0.458 e. The summed E-state index contributed by atoms with van der Waals surface area (Å²) in [6, 6.07) is 4.76. The normalized spacial score (nSPS) is 15.5. The number of nitrogens with one attached hydrogen (secondary N) is 4. The van der Waals surface area contributed by atoms with Crippen molar-refractivity contribution in [3.63, 3.8) is 0 Å². The van der Waals surface area contributed by atoms with E-state index in [1.54, 1.807) is 43.8 Å². The van der Waals surface area contributed by atoms with E-state index in [9.17, 15) is 18.8 Å². The Morgan fingerprint density at radius 3 is 2.67 bits per heavy atom. The third kappa shape index (κ3) is 5.72. The molecule has 13 nitrogen and oxygen atoms in total. The number of imidazole rings is 1. The lowest BCUT2D eigenvalue weighted by molar-refractivity contribution is 0.0952. The van der Waals surface area contributed by atoms with Crippen LogP contribution in [0, 0.1) is 11.2 Å². The summed E-state index contributed by atoms with van der Waals surface area (Å²) in [5.41, 5.74) is -0.00618. The number of amides is 1. The molecule has 0 aliphatic carbocycles. The summed E-state index contributed by atoms with van der Waals surface area (Å²) in [6.45, 7) is 1.93. The van der Waals surface area contributed by atoms with Gasteiger partial charge in [-0.25, -0.2) is 23.4 Å². The Bertz CT molecular complexity index is 1840. The molecule has 0 fully saturated rings. The Hall–Kier alpha value is -5.79. The first-order valence-corrected chi connectivity index (χ1v) is 12.8. The zero-order valence-electron chi connectivity index (χ0n) is 22.6. The monoisotopic (exact) mass is 571 g/mol. The van der Waals surface area contributed by atoms with Gasteiger partial charge in [0.15, 0.2) is 5.76 Å². The minimum atomic E-state index is -0.941. The summed E-state index contributed by atoms with van der Waals surface area (Å²) in [4.78, 5) is 43.4. The molecule has 0 saturated heterocycles. The van der Waals surface area contributed by atoms with Gasteiger partial charge in [0.05, 0.1) is 30.0 Å². The first kappa shape index (κ1) is 27.8. The lowest BCUT2D eigenvalue weighted by Gasteiger charge is -2.22. The predicted molar refractivity (Wildman–Crippen MR) is 152 cm³/mol. The van der Waals surface area contributed by atoms with Crippen LogP contribution in [0.25, 0.3) is 11.3 Å². The van der Waals surface area contributed by atoms with Crippen molar-refractivity contribution in [1.82, 2.24) is 39.8 Å². The molecular weight excluding hydrogens is 545 g/mol. The van der Waals surface area contributed by atoms with Gasteiger partial charge < -0.3 is 30.7 Å². The topological polar surface area (TPSA) is 161 Å². The van der Waals surface area contributed by atoms with Crippen molar-refractivity contribution in [3.8, 4) is 5.69 Å². The number of nitrogens with zero attached hydrogens (tertiary/aromatic N) is 5. The third-order valence-electron chi connectivity index (χ3n) is 6.20. The van der Waals surface area contributed by atoms with Crippen molar-refractivity contribution in [1.29, 1.82) is 5.41 Å². The fourth-order valence-corrected chi connectivity index (χ4v) is 4.13. The van der Waals surface area contributed by atoms with E-state index in [0.29, 0.717) is 17.2 Å². The van der Waals surface area contributed by atoms with Crippen LogP contribution in [0.3, 0.4) is 0 Å². The van der Waals surface area contributed by atoms with E-state index in [1.165, 1.54) is 12.1 Å². The number of hydrogen-bond donors (Lipinski definition) is 4. The van der Waals surface area contributed by atoms with Crippen molar-refractivity contribution in [3.05, 3.63) is 128 Å². The Morgan fingerprint density at radius 1 is 1.24 bits per heavy atom. The summed E-state index contributed by atoms with van der Waals surface area (Å²) < 4.78 is 23.1. The van der Waals surface area contributed by atoms with Crippen molar-refractivity contribution in [2.45, 2.75) is 13.5 Å². The van der Waals surface area contributed by atoms with E-state index < -0.39 is 28.7 Å². The number of aromatic nitrogens is 5. The highest BCUT2D eigenvalue weighted by molar-refractivity contribution is 5.93. The fourth-order valence-electron chi connectivity index (χ4n) is 4.13. The molecule has 42 heavy (non-hydrogen) atoms. The lowest BCUT2D eigenvalue weighted by Crippen LogP contribution is -2.46. The molecule has 14 heteroatoms. The van der Waals surface area contributed by atoms with Crippen LogP contribution in [0.15, 0.2) is 99.9 Å². The zero-order valence-corrected chi connectivity index (χ0v) is 22.6. The molecule has 214 valence electrons. The van der Waals surface area contributed by atoms with Crippen molar-refractivity contribution < 1.29 is 13.9 Å². The van der Waals surface area contributed by atoms with Crippen LogP contribution in [0.4, 0.5) is 4.39 Å². The van der Waals surface area contributed by atoms with Gasteiger partial charge in [0.2, 0.25) is 5.69 Å². The van der Waals surface area contributed by atoms with Crippen LogP contribution < -0.4 is 27.2 Å². The van der Waals surface area contributed by atoms with Gasteiger partial charge in [-0.15, -0.1) is 0 Å². The van der Waals surface area contributed by atoms with Gasteiger partial charge in [0.1, 0.15) is 17.4 Å². The Balaban J connectivity index is 1.36. The molecule has 0 bridgehead atoms. The summed E-state index contributed by atoms with van der Waals surface area (Å²) in [7, 11) is 1.87. The van der Waals surface area contributed by atoms with E-state index in [2.05, 4.69) is 26.0 Å². The number of hydrogen-bond acceptors (Lipinski definition) is 9. The minimum absolute atomic E-state index is 0.0985. The smallest absolute Gasteiger partial charge is 0.352 e. The Labute approximate surface area is 238 Å². The number of halogens is 1. The molecule has 0 unspecified atom stereocenters. The molecule has 5 rings (SSSR count). The van der Waals surface area contributed by atoms with E-state index in [4.69, 9.17) is 10.1 Å². The van der Waals surface area contributed by atoms with Gasteiger partial charge in [0, 0.05) is 37.8 Å². The number of carbonyl (C=O) groups is 1. The number of aryl methyl sites for hydroxylation is 2. The number of dihydropyridines is 2. The molecular formula is C28H26FN9O4. The number of allylic oxidation sites excluding steroid dienone is 5. The lowest BCUT2D eigenvalue weighted by atomic mass is 10.1. The highest BCUT2D eigenvalue weighted by Crippen LogP contribution is 2.25. The average molecular weight is 572 g/mol. The highest BCUT2D eigenvalue weighted by Gasteiger charge is 2.22. The molecule has 0 saturated carbocycles. The second-order valence-electron chi connectivity index (χ2n) is 9.11. The fraction of sp³-hybridized carbons (Fsp3) is 0.143. The van der Waals surface area contributed by atoms with Gasteiger partial charge in [-0.05, 0) is 55.5 Å². The number of carbonyl (C=O) groups excluding carboxylic acids is 1. The summed E-state index contributed by atoms with van der Waals surface area (Å²) in [5, 5.41) is 20.1. The minimum Gasteiger partial charge on any atom is -0.458 e. The molecule has 3 aromatic rings. The van der Waals surface area contributed by atoms with Crippen molar-refractivity contribution in [2.24, 2.45) is 7.05 Å². The van der Waals surface area contributed by atoms with E-state index >= 15 is 0 Å². The molecule has 1 aromatic carbocycles. The molecule has 0 spiro atoms. The van der Waals surface area contributed by atoms with Gasteiger partial charge >= 0.3 is 5.69 Å². The third-order valence-corrected chi connectivity index (χ3v) is 6.20. The molecule has 4 N–H and O–H groups in total. The number of ether oxygens (including phenoxy) is 1. The van der Waals surface area contributed by atoms with Crippen LogP contribution in [-0.4, -0.2) is 42.6 Å². The Kier molecular flexibility index (Phi) is 7.77. The van der Waals surface area contributed by atoms with E-state index in [1.807, 2.05) is 17.8 Å². The van der Waals surface area contributed by atoms with E-state index in [0.717, 1.165) is 38.9 Å². The SMILES string of the molecule is CCn1nc(C(=O)NC2=CC=C(OC3=CC(c4cn(C)cn4)=CN/C3=C\C=N)CN2)c(=O)n(-c2ccc(F)cc2)c1=O. The van der Waals surface area contributed by atoms with Crippen LogP contribution in [-0.2, 0) is 18.3 Å². The van der Waals surface area contributed by atoms with Gasteiger partial charge in [0.25, 0.3) is 11.5 Å². The quantitative estimate of drug-likeness (QED) is 0.295. The molecule has 4 heterocycles. The van der Waals surface area contributed by atoms with Gasteiger partial charge in [-0.1, -0.05) is 0 Å². The van der Waals surface area contributed by atoms with Crippen molar-refractivity contribution >= 4 is 17.7 Å². The predicted octanol–water partition coefficient (Wildman–Crippen LogP) is 1.42. The molecule has 2 aliphatic heterocycles. The van der Waals surface area contributed by atoms with Crippen LogP contribution in [0.5, 0.6) is 0 Å². The Morgan fingerprint density at radius 2 is 2.02 bits per heavy atom. The molecule has 1 amide bonds. The van der Waals surface area contributed by atoms with Crippen LogP contribution in [0.2, 0.25) is 0 Å². The molecule has 0 radical (unpaired) electrons. The number of benzene rings is 1. The second-order valence-corrected chi connectivity index (χ2v) is 9.11. The average Bonchev–Trinajstić information content (AvgIpc) is 3.42. The first-order chi connectivity index (χ1) is 20.3. The summed E-state index contributed by atoms with van der Waals surface area (Å²) in [5.74, 6) is -0.130. The first-order valence-electron chi connectivity index (χ1n) is 12.8. The maximum absolute atomic E-state index is 13.4. The van der Waals surface area contributed by atoms with Crippen LogP contribution >= 0.6 is 0 Å². The van der Waals surface area contributed by atoms with E-state index in [-0.39, 0.29) is 24.6 Å². The van der Waals surface area contributed by atoms with Gasteiger partial charge in [-0.2, -0.15) is 5.10 Å². The standard InChI is InChI=1S/C28H26FN9O4/c1-3-37-28(41)38(19-6-4-18(29)5-7-19)27(40)25(35-37)26(39)34-24-9-8-20(14-32-24)42-23-12-17(13-31-21(23)10-11-30)22-15-36(2)16-33-22/h4-13,15-16,30-32H,3,14H2,1-2H3,(H,34,39)/b21-10-,30-11?. The summed E-state index contributed by atoms with van der Waals surface area (Å²) >= 11 is 0. The maximum atomic E-state index is 13.4. The molecule has 2 aliphatic rings. The van der Waals surface area contributed by atoms with Gasteiger partial charge in [-0.3, -0.25) is 9.59 Å². The second kappa shape index (κ2) is 11.8. The van der Waals surface area contributed by atoms with Crippen molar-refractivity contribution in [2.75, 3.05) is 6.54 Å². The maximum Gasteiger partial charge on any atom is 0.352 e. The molecule has 0 atom stereocenters. The summed E-state index contributed by atoms with van der Waals surface area (Å²) in [6.07, 6.45) is 13.0. The highest BCUT2D eigenvalue weighted by atomic mass is 19.1.